The van der Waals surface area contributed by atoms with Crippen molar-refractivity contribution in [3.8, 4) is 0 Å². The zero-order valence-corrected chi connectivity index (χ0v) is 5.55. The minimum absolute atomic E-state index is 0.854. The SMILES string of the molecule is C=Cc1ccc(CC)o1. The number of hydrogen-bond donors (Lipinski definition) is 0. The second kappa shape index (κ2) is 2.53. The fourth-order valence-corrected chi connectivity index (χ4v) is 0.694. The summed E-state index contributed by atoms with van der Waals surface area (Å²) >= 11 is 0. The third-order valence-corrected chi connectivity index (χ3v) is 1.23. The van der Waals surface area contributed by atoms with E-state index in [0.29, 0.717) is 0 Å². The molecule has 1 heterocycles. The van der Waals surface area contributed by atoms with Crippen molar-refractivity contribution in [1.29, 1.82) is 0 Å². The van der Waals surface area contributed by atoms with Gasteiger partial charge in [-0.05, 0) is 18.2 Å². The van der Waals surface area contributed by atoms with Crippen LogP contribution in [0.2, 0.25) is 0 Å². The van der Waals surface area contributed by atoms with Crippen LogP contribution in [0.15, 0.2) is 23.1 Å². The number of furan rings is 1. The van der Waals surface area contributed by atoms with Gasteiger partial charge in [0.2, 0.25) is 0 Å². The lowest BCUT2D eigenvalue weighted by Gasteiger charge is -1.84. The van der Waals surface area contributed by atoms with Crippen molar-refractivity contribution in [2.45, 2.75) is 13.3 Å². The van der Waals surface area contributed by atoms with Gasteiger partial charge >= 0.3 is 0 Å². The van der Waals surface area contributed by atoms with E-state index < -0.39 is 0 Å². The lowest BCUT2D eigenvalue weighted by Crippen LogP contribution is -1.68. The predicted octanol–water partition coefficient (Wildman–Crippen LogP) is 2.49. The van der Waals surface area contributed by atoms with Crippen LogP contribution >= 0.6 is 0 Å². The van der Waals surface area contributed by atoms with E-state index >= 15 is 0 Å². The molecule has 0 N–H and O–H groups in total. The average molecular weight is 122 g/mol. The molecular weight excluding hydrogens is 112 g/mol. The molecule has 0 spiro atoms. The molecule has 0 amide bonds. The molecule has 0 bridgehead atoms. The molecule has 0 aliphatic heterocycles. The second-order valence-corrected chi connectivity index (χ2v) is 1.86. The van der Waals surface area contributed by atoms with Gasteiger partial charge in [-0.3, -0.25) is 0 Å². The highest BCUT2D eigenvalue weighted by molar-refractivity contribution is 5.39. The summed E-state index contributed by atoms with van der Waals surface area (Å²) in [5, 5.41) is 0. The van der Waals surface area contributed by atoms with Gasteiger partial charge in [-0.1, -0.05) is 13.5 Å². The van der Waals surface area contributed by atoms with Gasteiger partial charge < -0.3 is 4.42 Å². The van der Waals surface area contributed by atoms with Gasteiger partial charge in [0, 0.05) is 6.42 Å². The first-order valence-electron chi connectivity index (χ1n) is 3.08. The molecule has 1 aromatic heterocycles. The van der Waals surface area contributed by atoms with Crippen LogP contribution in [0.25, 0.3) is 6.08 Å². The third kappa shape index (κ3) is 1.22. The van der Waals surface area contributed by atoms with Crippen LogP contribution in [-0.2, 0) is 6.42 Å². The van der Waals surface area contributed by atoms with Gasteiger partial charge in [-0.25, -0.2) is 0 Å². The maximum atomic E-state index is 5.26. The van der Waals surface area contributed by atoms with Crippen LogP contribution in [0.5, 0.6) is 0 Å². The van der Waals surface area contributed by atoms with E-state index in [2.05, 4.69) is 13.5 Å². The Labute approximate surface area is 55.0 Å². The van der Waals surface area contributed by atoms with Crippen LogP contribution in [-0.4, -0.2) is 0 Å². The smallest absolute Gasteiger partial charge is 0.126 e. The molecule has 1 nitrogen and oxygen atoms in total. The highest BCUT2D eigenvalue weighted by atomic mass is 16.3. The zero-order chi connectivity index (χ0) is 6.69. The van der Waals surface area contributed by atoms with Gasteiger partial charge in [-0.2, -0.15) is 0 Å². The minimum Gasteiger partial charge on any atom is -0.462 e. The molecule has 1 rings (SSSR count). The van der Waals surface area contributed by atoms with E-state index in [1.54, 1.807) is 6.08 Å². The average Bonchev–Trinajstić information content (AvgIpc) is 2.34. The van der Waals surface area contributed by atoms with Gasteiger partial charge in [0.15, 0.2) is 0 Å². The molecule has 0 radical (unpaired) electrons. The Bertz CT molecular complexity index is 198. The Morgan fingerprint density at radius 1 is 1.67 bits per heavy atom. The highest BCUT2D eigenvalue weighted by Gasteiger charge is 1.92. The lowest BCUT2D eigenvalue weighted by atomic mass is 10.3. The van der Waals surface area contributed by atoms with Gasteiger partial charge in [0.05, 0.1) is 0 Å². The molecule has 48 valence electrons. The van der Waals surface area contributed by atoms with Crippen molar-refractivity contribution in [1.82, 2.24) is 0 Å². The molecule has 0 aromatic carbocycles. The van der Waals surface area contributed by atoms with Crippen LogP contribution < -0.4 is 0 Å². The summed E-state index contributed by atoms with van der Waals surface area (Å²) < 4.78 is 5.26. The predicted molar refractivity (Wildman–Crippen MR) is 38.2 cm³/mol. The van der Waals surface area contributed by atoms with E-state index in [1.807, 2.05) is 12.1 Å². The van der Waals surface area contributed by atoms with Crippen molar-refractivity contribution < 1.29 is 4.42 Å². The molecule has 1 heteroatoms. The van der Waals surface area contributed by atoms with Crippen molar-refractivity contribution >= 4 is 6.08 Å². The van der Waals surface area contributed by atoms with Crippen molar-refractivity contribution in [2.75, 3.05) is 0 Å². The first kappa shape index (κ1) is 6.14. The molecule has 0 unspecified atom stereocenters. The topological polar surface area (TPSA) is 13.1 Å². The number of hydrogen-bond acceptors (Lipinski definition) is 1. The van der Waals surface area contributed by atoms with E-state index in [9.17, 15) is 0 Å². The highest BCUT2D eigenvalue weighted by Crippen LogP contribution is 2.08. The van der Waals surface area contributed by atoms with Gasteiger partial charge in [-0.15, -0.1) is 0 Å². The molecular formula is C8H10O. The Balaban J connectivity index is 2.86. The third-order valence-electron chi connectivity index (χ3n) is 1.23. The van der Waals surface area contributed by atoms with Crippen LogP contribution in [0.1, 0.15) is 18.4 Å². The summed E-state index contributed by atoms with van der Waals surface area (Å²) in [6, 6.07) is 3.89. The monoisotopic (exact) mass is 122 g/mol. The normalized spacial score (nSPS) is 9.44. The number of aryl methyl sites for hydroxylation is 1. The summed E-state index contributed by atoms with van der Waals surface area (Å²) in [6.45, 7) is 5.65. The van der Waals surface area contributed by atoms with Crippen molar-refractivity contribution in [3.63, 3.8) is 0 Å². The van der Waals surface area contributed by atoms with Gasteiger partial charge in [0.1, 0.15) is 11.5 Å². The molecule has 0 saturated carbocycles. The zero-order valence-electron chi connectivity index (χ0n) is 5.55. The molecule has 9 heavy (non-hydrogen) atoms. The first-order valence-corrected chi connectivity index (χ1v) is 3.08. The Morgan fingerprint density at radius 3 is 2.78 bits per heavy atom. The summed E-state index contributed by atoms with van der Waals surface area (Å²) in [5.41, 5.74) is 0. The minimum atomic E-state index is 0.854. The summed E-state index contributed by atoms with van der Waals surface area (Å²) in [4.78, 5) is 0. The fraction of sp³-hybridized carbons (Fsp3) is 0.250. The second-order valence-electron chi connectivity index (χ2n) is 1.86. The molecule has 0 aliphatic carbocycles. The van der Waals surface area contributed by atoms with Crippen molar-refractivity contribution in [2.24, 2.45) is 0 Å². The van der Waals surface area contributed by atoms with E-state index in [0.717, 1.165) is 17.9 Å². The maximum absolute atomic E-state index is 5.26. The number of rotatable bonds is 2. The maximum Gasteiger partial charge on any atom is 0.126 e. The van der Waals surface area contributed by atoms with Crippen LogP contribution in [0.4, 0.5) is 0 Å². The van der Waals surface area contributed by atoms with Crippen LogP contribution in [0.3, 0.4) is 0 Å². The molecule has 0 aliphatic rings. The Morgan fingerprint density at radius 2 is 2.44 bits per heavy atom. The van der Waals surface area contributed by atoms with E-state index in [1.165, 1.54) is 0 Å². The Hall–Kier alpha value is -0.980. The quantitative estimate of drug-likeness (QED) is 0.587. The summed E-state index contributed by atoms with van der Waals surface area (Å²) in [5.74, 6) is 1.87. The molecule has 0 saturated heterocycles. The van der Waals surface area contributed by atoms with Gasteiger partial charge in [0.25, 0.3) is 0 Å². The van der Waals surface area contributed by atoms with Crippen molar-refractivity contribution in [3.05, 3.63) is 30.2 Å². The first-order chi connectivity index (χ1) is 4.36. The molecule has 0 atom stereocenters. The lowest BCUT2D eigenvalue weighted by molar-refractivity contribution is 0.508. The van der Waals surface area contributed by atoms with E-state index in [-0.39, 0.29) is 0 Å². The summed E-state index contributed by atoms with van der Waals surface area (Å²) in [7, 11) is 0. The largest absolute Gasteiger partial charge is 0.462 e. The summed E-state index contributed by atoms with van der Waals surface area (Å²) in [6.07, 6.45) is 2.66. The van der Waals surface area contributed by atoms with E-state index in [4.69, 9.17) is 4.42 Å². The fourth-order valence-electron chi connectivity index (χ4n) is 0.694. The Kier molecular flexibility index (Phi) is 1.73. The molecule has 1 aromatic rings. The molecule has 0 fully saturated rings. The standard InChI is InChI=1S/C8H10O/c1-3-7-5-6-8(4-2)9-7/h3,5-6H,1,4H2,2H3. The van der Waals surface area contributed by atoms with Crippen LogP contribution in [0, 0.1) is 0 Å².